The molecule has 2 aromatic rings. The average molecular weight is 260 g/mol. The molecule has 4 heteroatoms. The van der Waals surface area contributed by atoms with Crippen molar-refractivity contribution < 1.29 is 4.79 Å². The van der Waals surface area contributed by atoms with Gasteiger partial charge in [-0.3, -0.25) is 0 Å². The highest BCUT2D eigenvalue weighted by Gasteiger charge is 2.35. The van der Waals surface area contributed by atoms with E-state index in [-0.39, 0.29) is 12.1 Å². The van der Waals surface area contributed by atoms with Gasteiger partial charge in [0.25, 0.3) is 0 Å². The van der Waals surface area contributed by atoms with E-state index in [0.29, 0.717) is 0 Å². The van der Waals surface area contributed by atoms with Crippen LogP contribution in [0.3, 0.4) is 0 Å². The van der Waals surface area contributed by atoms with Crippen LogP contribution < -0.4 is 0 Å². The van der Waals surface area contributed by atoms with Gasteiger partial charge in [0, 0.05) is 24.8 Å². The molecule has 1 fully saturated rings. The molecule has 3 rings (SSSR count). The average Bonchev–Trinajstić information content (AvgIpc) is 2.93. The molecular formula is C14H16N2OS. The van der Waals surface area contributed by atoms with Crippen LogP contribution in [0.15, 0.2) is 29.6 Å². The minimum Gasteiger partial charge on any atom is -0.323 e. The fourth-order valence-corrected chi connectivity index (χ4v) is 3.60. The van der Waals surface area contributed by atoms with Gasteiger partial charge in [-0.2, -0.15) is 0 Å². The maximum atomic E-state index is 12.0. The minimum absolute atomic E-state index is 0.137. The van der Waals surface area contributed by atoms with Gasteiger partial charge in [-0.15, -0.1) is 11.3 Å². The van der Waals surface area contributed by atoms with Crippen LogP contribution in [-0.4, -0.2) is 36.0 Å². The molecule has 0 aliphatic carbocycles. The first-order valence-corrected chi connectivity index (χ1v) is 7.08. The van der Waals surface area contributed by atoms with Gasteiger partial charge in [0.2, 0.25) is 0 Å². The number of likely N-dealkylation sites (N-methyl/N-ethyl adjacent to an activating group) is 2. The lowest BCUT2D eigenvalue weighted by Gasteiger charge is -2.17. The van der Waals surface area contributed by atoms with E-state index in [2.05, 4.69) is 29.6 Å². The van der Waals surface area contributed by atoms with E-state index in [4.69, 9.17) is 0 Å². The number of carbonyl (C=O) groups excluding carboxylic acids is 1. The molecule has 1 unspecified atom stereocenters. The number of amides is 2. The Bertz CT molecular complexity index is 592. The second-order valence-corrected chi connectivity index (χ2v) is 5.55. The molecule has 0 N–H and O–H groups in total. The highest BCUT2D eigenvalue weighted by Crippen LogP contribution is 2.36. The molecule has 2 heterocycles. The van der Waals surface area contributed by atoms with E-state index in [1.807, 2.05) is 23.8 Å². The largest absolute Gasteiger partial charge is 0.323 e. The molecule has 1 atom stereocenters. The van der Waals surface area contributed by atoms with Crippen molar-refractivity contribution in [2.75, 3.05) is 20.1 Å². The molecule has 0 spiro atoms. The second kappa shape index (κ2) is 4.28. The smallest absolute Gasteiger partial charge is 0.320 e. The zero-order valence-electron chi connectivity index (χ0n) is 10.6. The van der Waals surface area contributed by atoms with Crippen LogP contribution in [0.4, 0.5) is 4.79 Å². The molecule has 18 heavy (non-hydrogen) atoms. The standard InChI is InChI=1S/C14H16N2OS/c1-3-16-8-12(15(2)14(16)17)11-9-18-13-7-5-4-6-10(11)13/h4-7,9,12H,3,8H2,1-2H3. The van der Waals surface area contributed by atoms with E-state index in [0.717, 1.165) is 13.1 Å². The summed E-state index contributed by atoms with van der Waals surface area (Å²) in [5.74, 6) is 0. The van der Waals surface area contributed by atoms with Gasteiger partial charge in [0.1, 0.15) is 0 Å². The van der Waals surface area contributed by atoms with E-state index < -0.39 is 0 Å². The van der Waals surface area contributed by atoms with Crippen molar-refractivity contribution in [3.05, 3.63) is 35.2 Å². The summed E-state index contributed by atoms with van der Waals surface area (Å²) in [6, 6.07) is 8.73. The summed E-state index contributed by atoms with van der Waals surface area (Å²) in [4.78, 5) is 15.8. The maximum Gasteiger partial charge on any atom is 0.320 e. The molecule has 0 saturated carbocycles. The summed E-state index contributed by atoms with van der Waals surface area (Å²) in [5, 5.41) is 3.48. The number of nitrogens with zero attached hydrogens (tertiary/aromatic N) is 2. The molecule has 1 aromatic heterocycles. The van der Waals surface area contributed by atoms with Gasteiger partial charge in [0.15, 0.2) is 0 Å². The molecule has 1 aliphatic rings. The summed E-state index contributed by atoms with van der Waals surface area (Å²) in [7, 11) is 1.90. The molecule has 1 saturated heterocycles. The summed E-state index contributed by atoms with van der Waals surface area (Å²) in [6.45, 7) is 3.61. The fraction of sp³-hybridized carbons (Fsp3) is 0.357. The van der Waals surface area contributed by atoms with Gasteiger partial charge in [-0.25, -0.2) is 4.79 Å². The Morgan fingerprint density at radius 1 is 1.39 bits per heavy atom. The number of benzene rings is 1. The SMILES string of the molecule is CCN1CC(c2csc3ccccc23)N(C)C1=O. The van der Waals surface area contributed by atoms with Gasteiger partial charge in [0.05, 0.1) is 6.04 Å². The third-order valence-corrected chi connectivity index (χ3v) is 4.67. The predicted octanol–water partition coefficient (Wildman–Crippen LogP) is 3.33. The molecular weight excluding hydrogens is 244 g/mol. The Balaban J connectivity index is 2.03. The first kappa shape index (κ1) is 11.5. The lowest BCUT2D eigenvalue weighted by molar-refractivity contribution is 0.197. The summed E-state index contributed by atoms with van der Waals surface area (Å²) < 4.78 is 1.29. The van der Waals surface area contributed by atoms with Gasteiger partial charge < -0.3 is 9.80 Å². The molecule has 3 nitrogen and oxygen atoms in total. The lowest BCUT2D eigenvalue weighted by Crippen LogP contribution is -2.29. The zero-order chi connectivity index (χ0) is 12.7. The molecule has 94 valence electrons. The van der Waals surface area contributed by atoms with Crippen LogP contribution in [0.25, 0.3) is 10.1 Å². The number of carbonyl (C=O) groups is 1. The van der Waals surface area contributed by atoms with Crippen LogP contribution in [0, 0.1) is 0 Å². The topological polar surface area (TPSA) is 23.6 Å². The Labute approximate surface area is 111 Å². The number of fused-ring (bicyclic) bond motifs is 1. The van der Waals surface area contributed by atoms with E-state index in [1.54, 1.807) is 11.3 Å². The summed E-state index contributed by atoms with van der Waals surface area (Å²) in [5.41, 5.74) is 1.28. The van der Waals surface area contributed by atoms with Crippen molar-refractivity contribution in [3.63, 3.8) is 0 Å². The van der Waals surface area contributed by atoms with E-state index >= 15 is 0 Å². The first-order chi connectivity index (χ1) is 8.72. The normalized spacial score (nSPS) is 20.1. The highest BCUT2D eigenvalue weighted by atomic mass is 32.1. The minimum atomic E-state index is 0.137. The molecule has 1 aromatic carbocycles. The third-order valence-electron chi connectivity index (χ3n) is 3.68. The van der Waals surface area contributed by atoms with Crippen molar-refractivity contribution >= 4 is 27.5 Å². The maximum absolute atomic E-state index is 12.0. The van der Waals surface area contributed by atoms with Gasteiger partial charge in [-0.05, 0) is 29.3 Å². The Kier molecular flexibility index (Phi) is 2.74. The second-order valence-electron chi connectivity index (χ2n) is 4.64. The van der Waals surface area contributed by atoms with Crippen LogP contribution >= 0.6 is 11.3 Å². The number of hydrogen-bond acceptors (Lipinski definition) is 2. The molecule has 0 bridgehead atoms. The molecule has 2 amide bonds. The van der Waals surface area contributed by atoms with E-state index in [9.17, 15) is 4.79 Å². The Morgan fingerprint density at radius 2 is 2.17 bits per heavy atom. The van der Waals surface area contributed by atoms with Gasteiger partial charge in [-0.1, -0.05) is 18.2 Å². The fourth-order valence-electron chi connectivity index (χ4n) is 2.59. The quantitative estimate of drug-likeness (QED) is 0.812. The highest BCUT2D eigenvalue weighted by molar-refractivity contribution is 7.17. The molecule has 1 aliphatic heterocycles. The van der Waals surface area contributed by atoms with Crippen LogP contribution in [0.1, 0.15) is 18.5 Å². The van der Waals surface area contributed by atoms with Gasteiger partial charge >= 0.3 is 6.03 Å². The van der Waals surface area contributed by atoms with Crippen LogP contribution in [0.2, 0.25) is 0 Å². The van der Waals surface area contributed by atoms with Crippen molar-refractivity contribution in [1.82, 2.24) is 9.80 Å². The zero-order valence-corrected chi connectivity index (χ0v) is 11.4. The first-order valence-electron chi connectivity index (χ1n) is 6.20. The van der Waals surface area contributed by atoms with Crippen LogP contribution in [0.5, 0.6) is 0 Å². The monoisotopic (exact) mass is 260 g/mol. The number of urea groups is 1. The number of thiophene rings is 1. The van der Waals surface area contributed by atoms with E-state index in [1.165, 1.54) is 15.6 Å². The number of rotatable bonds is 2. The summed E-state index contributed by atoms with van der Waals surface area (Å²) >= 11 is 1.76. The Morgan fingerprint density at radius 3 is 2.89 bits per heavy atom. The van der Waals surface area contributed by atoms with Crippen molar-refractivity contribution in [3.8, 4) is 0 Å². The van der Waals surface area contributed by atoms with Crippen molar-refractivity contribution in [2.24, 2.45) is 0 Å². The number of hydrogen-bond donors (Lipinski definition) is 0. The van der Waals surface area contributed by atoms with Crippen molar-refractivity contribution in [1.29, 1.82) is 0 Å². The predicted molar refractivity (Wildman–Crippen MR) is 75.0 cm³/mol. The van der Waals surface area contributed by atoms with Crippen molar-refractivity contribution in [2.45, 2.75) is 13.0 Å². The Hall–Kier alpha value is -1.55. The lowest BCUT2D eigenvalue weighted by atomic mass is 10.1. The third kappa shape index (κ3) is 1.60. The van der Waals surface area contributed by atoms with Crippen LogP contribution in [-0.2, 0) is 0 Å². The molecule has 0 radical (unpaired) electrons. The summed E-state index contributed by atoms with van der Waals surface area (Å²) in [6.07, 6.45) is 0.